The van der Waals surface area contributed by atoms with Gasteiger partial charge < -0.3 is 15.5 Å². The lowest BCUT2D eigenvalue weighted by Gasteiger charge is -2.35. The molecule has 4 rings (SSSR count). The molecule has 0 aromatic heterocycles. The number of anilines is 1. The van der Waals surface area contributed by atoms with Gasteiger partial charge in [-0.15, -0.1) is 0 Å². The van der Waals surface area contributed by atoms with Crippen LogP contribution in [0.1, 0.15) is 39.1 Å². The number of nitrogens with zero attached hydrogens (tertiary/aromatic N) is 1. The molecule has 0 unspecified atom stereocenters. The van der Waals surface area contributed by atoms with Crippen molar-refractivity contribution in [3.63, 3.8) is 0 Å². The molecule has 2 amide bonds. The summed E-state index contributed by atoms with van der Waals surface area (Å²) in [7, 11) is 0. The summed E-state index contributed by atoms with van der Waals surface area (Å²) >= 11 is 3.40. The highest BCUT2D eigenvalue weighted by atomic mass is 79.9. The summed E-state index contributed by atoms with van der Waals surface area (Å²) < 4.78 is 0.954. The van der Waals surface area contributed by atoms with Crippen molar-refractivity contribution in [1.82, 2.24) is 10.6 Å². The number of hydrogen-bond acceptors (Lipinski definition) is 3. The van der Waals surface area contributed by atoms with E-state index in [-0.39, 0.29) is 17.9 Å². The van der Waals surface area contributed by atoms with Crippen LogP contribution in [-0.4, -0.2) is 37.5 Å². The second-order valence-electron chi connectivity index (χ2n) is 8.25. The molecule has 1 fully saturated rings. The molecule has 0 bridgehead atoms. The van der Waals surface area contributed by atoms with Crippen molar-refractivity contribution in [3.8, 4) is 0 Å². The smallest absolute Gasteiger partial charge is 0.253 e. The van der Waals surface area contributed by atoms with Gasteiger partial charge in [-0.2, -0.15) is 0 Å². The maximum atomic E-state index is 12.9. The Labute approximate surface area is 203 Å². The van der Waals surface area contributed by atoms with E-state index in [0.29, 0.717) is 17.7 Å². The molecule has 1 aliphatic rings. The predicted octanol–water partition coefficient (Wildman–Crippen LogP) is 4.82. The van der Waals surface area contributed by atoms with Gasteiger partial charge in [-0.3, -0.25) is 9.59 Å². The zero-order chi connectivity index (χ0) is 23.0. The van der Waals surface area contributed by atoms with Crippen LogP contribution < -0.4 is 15.5 Å². The number of nitrogens with one attached hydrogen (secondary N) is 2. The average molecular weight is 506 g/mol. The third-order valence-electron chi connectivity index (χ3n) is 5.97. The predicted molar refractivity (Wildman–Crippen MR) is 136 cm³/mol. The average Bonchev–Trinajstić information content (AvgIpc) is 2.85. The van der Waals surface area contributed by atoms with E-state index in [4.69, 9.17) is 0 Å². The molecule has 3 aromatic carbocycles. The fourth-order valence-corrected chi connectivity index (χ4v) is 4.40. The summed E-state index contributed by atoms with van der Waals surface area (Å²) in [5, 5.41) is 6.21. The van der Waals surface area contributed by atoms with Gasteiger partial charge in [0.1, 0.15) is 0 Å². The SMILES string of the molecule is O=C(NC1CCN(c2ccccc2C(=O)NCCc2ccccc2)CC1)c1ccc(Br)cc1. The van der Waals surface area contributed by atoms with Crippen LogP contribution in [0, 0.1) is 0 Å². The minimum absolute atomic E-state index is 0.0425. The van der Waals surface area contributed by atoms with Crippen molar-refractivity contribution < 1.29 is 9.59 Å². The molecule has 2 N–H and O–H groups in total. The summed E-state index contributed by atoms with van der Waals surface area (Å²) in [4.78, 5) is 27.7. The fraction of sp³-hybridized carbons (Fsp3) is 0.259. The van der Waals surface area contributed by atoms with E-state index in [9.17, 15) is 9.59 Å². The molecule has 1 saturated heterocycles. The molecule has 1 aliphatic heterocycles. The Kier molecular flexibility index (Phi) is 7.79. The third kappa shape index (κ3) is 6.23. The Morgan fingerprint density at radius 3 is 2.24 bits per heavy atom. The second-order valence-corrected chi connectivity index (χ2v) is 9.17. The van der Waals surface area contributed by atoms with Gasteiger partial charge in [-0.05, 0) is 61.2 Å². The Morgan fingerprint density at radius 1 is 0.848 bits per heavy atom. The molecule has 0 radical (unpaired) electrons. The highest BCUT2D eigenvalue weighted by molar-refractivity contribution is 9.10. The maximum Gasteiger partial charge on any atom is 0.253 e. The van der Waals surface area contributed by atoms with Gasteiger partial charge in [0.15, 0.2) is 0 Å². The molecule has 33 heavy (non-hydrogen) atoms. The van der Waals surface area contributed by atoms with Gasteiger partial charge in [0.05, 0.1) is 5.56 Å². The zero-order valence-corrected chi connectivity index (χ0v) is 20.1. The van der Waals surface area contributed by atoms with Gasteiger partial charge in [0.25, 0.3) is 11.8 Å². The molecule has 3 aromatic rings. The maximum absolute atomic E-state index is 12.9. The van der Waals surface area contributed by atoms with E-state index < -0.39 is 0 Å². The van der Waals surface area contributed by atoms with E-state index >= 15 is 0 Å². The quantitative estimate of drug-likeness (QED) is 0.483. The highest BCUT2D eigenvalue weighted by Gasteiger charge is 2.24. The number of benzene rings is 3. The van der Waals surface area contributed by atoms with Crippen LogP contribution in [0.15, 0.2) is 83.3 Å². The third-order valence-corrected chi connectivity index (χ3v) is 6.50. The number of amides is 2. The number of carbonyl (C=O) groups is 2. The lowest BCUT2D eigenvalue weighted by atomic mass is 10.0. The summed E-state index contributed by atoms with van der Waals surface area (Å²) in [5.74, 6) is -0.0914. The zero-order valence-electron chi connectivity index (χ0n) is 18.5. The van der Waals surface area contributed by atoms with Crippen molar-refractivity contribution >= 4 is 33.4 Å². The fourth-order valence-electron chi connectivity index (χ4n) is 4.14. The number of piperidine rings is 1. The van der Waals surface area contributed by atoms with Crippen LogP contribution in [0.3, 0.4) is 0 Å². The van der Waals surface area contributed by atoms with Crippen LogP contribution in [-0.2, 0) is 6.42 Å². The number of rotatable bonds is 7. The summed E-state index contributed by atoms with van der Waals surface area (Å²) in [6, 6.07) is 25.4. The summed E-state index contributed by atoms with van der Waals surface area (Å²) in [6.07, 6.45) is 2.48. The monoisotopic (exact) mass is 505 g/mol. The molecule has 0 saturated carbocycles. The first-order valence-corrected chi connectivity index (χ1v) is 12.1. The Morgan fingerprint density at radius 2 is 1.52 bits per heavy atom. The first kappa shape index (κ1) is 23.1. The largest absolute Gasteiger partial charge is 0.371 e. The number of carbonyl (C=O) groups excluding carboxylic acids is 2. The van der Waals surface area contributed by atoms with Crippen molar-refractivity contribution in [3.05, 3.63) is 100 Å². The van der Waals surface area contributed by atoms with Gasteiger partial charge in [0, 0.05) is 41.4 Å². The van der Waals surface area contributed by atoms with Crippen molar-refractivity contribution in [1.29, 1.82) is 0 Å². The molecule has 170 valence electrons. The normalized spacial score (nSPS) is 14.0. The standard InChI is InChI=1S/C27H28BrN3O2/c28-22-12-10-21(11-13-22)26(32)30-23-15-18-31(19-16-23)25-9-5-4-8-24(25)27(33)29-17-14-20-6-2-1-3-7-20/h1-13,23H,14-19H2,(H,29,33)(H,30,32). The van der Waals surface area contributed by atoms with Gasteiger partial charge >= 0.3 is 0 Å². The van der Waals surface area contributed by atoms with E-state index in [0.717, 1.165) is 42.5 Å². The van der Waals surface area contributed by atoms with Crippen molar-refractivity contribution in [2.24, 2.45) is 0 Å². The number of halogens is 1. The molecule has 1 heterocycles. The minimum atomic E-state index is -0.0489. The Balaban J connectivity index is 1.31. The summed E-state index contributed by atoms with van der Waals surface area (Å²) in [6.45, 7) is 2.18. The van der Waals surface area contributed by atoms with Crippen LogP contribution in [0.5, 0.6) is 0 Å². The molecule has 0 spiro atoms. The molecule has 5 nitrogen and oxygen atoms in total. The first-order valence-electron chi connectivity index (χ1n) is 11.3. The Hall–Kier alpha value is -3.12. The van der Waals surface area contributed by atoms with Crippen LogP contribution in [0.4, 0.5) is 5.69 Å². The first-order chi connectivity index (χ1) is 16.1. The number of para-hydroxylation sites is 1. The van der Waals surface area contributed by atoms with Crippen molar-refractivity contribution in [2.45, 2.75) is 25.3 Å². The van der Waals surface area contributed by atoms with Gasteiger partial charge in [-0.1, -0.05) is 58.4 Å². The molecule has 0 atom stereocenters. The minimum Gasteiger partial charge on any atom is -0.371 e. The van der Waals surface area contributed by atoms with Crippen LogP contribution in [0.25, 0.3) is 0 Å². The van der Waals surface area contributed by atoms with E-state index in [1.165, 1.54) is 5.56 Å². The van der Waals surface area contributed by atoms with Crippen LogP contribution in [0.2, 0.25) is 0 Å². The second kappa shape index (κ2) is 11.1. The van der Waals surface area contributed by atoms with E-state index in [2.05, 4.69) is 43.6 Å². The molecular weight excluding hydrogens is 478 g/mol. The molecule has 0 aliphatic carbocycles. The topological polar surface area (TPSA) is 61.4 Å². The lowest BCUT2D eigenvalue weighted by molar-refractivity contribution is 0.0929. The summed E-state index contributed by atoms with van der Waals surface area (Å²) in [5.41, 5.74) is 3.52. The Bertz CT molecular complexity index is 1080. The molecular formula is C27H28BrN3O2. The highest BCUT2D eigenvalue weighted by Crippen LogP contribution is 2.24. The molecule has 6 heteroatoms. The van der Waals surface area contributed by atoms with Crippen molar-refractivity contribution in [2.75, 3.05) is 24.5 Å². The van der Waals surface area contributed by atoms with Gasteiger partial charge in [-0.25, -0.2) is 0 Å². The van der Waals surface area contributed by atoms with Crippen LogP contribution >= 0.6 is 15.9 Å². The van der Waals surface area contributed by atoms with E-state index in [1.807, 2.05) is 66.7 Å². The lowest BCUT2D eigenvalue weighted by Crippen LogP contribution is -2.45. The van der Waals surface area contributed by atoms with Gasteiger partial charge in [0.2, 0.25) is 0 Å². The number of hydrogen-bond donors (Lipinski definition) is 2. The van der Waals surface area contributed by atoms with E-state index in [1.54, 1.807) is 0 Å².